The van der Waals surface area contributed by atoms with Crippen LogP contribution in [0.15, 0.2) is 77.7 Å². The lowest BCUT2D eigenvalue weighted by Gasteiger charge is -2.34. The Kier molecular flexibility index (Phi) is 6.53. The number of aromatic nitrogens is 3. The highest BCUT2D eigenvalue weighted by Gasteiger charge is 2.29. The van der Waals surface area contributed by atoms with Crippen LogP contribution in [0.1, 0.15) is 26.4 Å². The van der Waals surface area contributed by atoms with Gasteiger partial charge in [0, 0.05) is 38.9 Å². The molecule has 1 fully saturated rings. The van der Waals surface area contributed by atoms with Gasteiger partial charge in [-0.2, -0.15) is 0 Å². The van der Waals surface area contributed by atoms with Crippen molar-refractivity contribution in [3.63, 3.8) is 0 Å². The summed E-state index contributed by atoms with van der Waals surface area (Å²) in [6.45, 7) is 1.25. The van der Waals surface area contributed by atoms with E-state index in [-0.39, 0.29) is 37.4 Å². The second kappa shape index (κ2) is 10.1. The lowest BCUT2D eigenvalue weighted by atomic mass is 10.1. The van der Waals surface area contributed by atoms with Crippen LogP contribution in [-0.2, 0) is 13.0 Å². The highest BCUT2D eigenvalue weighted by atomic mass is 19.1. The molecule has 0 bridgehead atoms. The predicted molar refractivity (Wildman–Crippen MR) is 132 cm³/mol. The Labute approximate surface area is 206 Å². The molecule has 5 rings (SSSR count). The van der Waals surface area contributed by atoms with Crippen LogP contribution in [-0.4, -0.2) is 62.3 Å². The van der Waals surface area contributed by atoms with Gasteiger partial charge in [-0.3, -0.25) is 19.0 Å². The first-order chi connectivity index (χ1) is 17.5. The van der Waals surface area contributed by atoms with Crippen molar-refractivity contribution in [3.05, 3.63) is 106 Å². The van der Waals surface area contributed by atoms with Gasteiger partial charge in [0.2, 0.25) is 0 Å². The second-order valence-electron chi connectivity index (χ2n) is 8.56. The molecule has 9 heteroatoms. The van der Waals surface area contributed by atoms with Crippen LogP contribution >= 0.6 is 0 Å². The number of hydrogen-bond acceptors (Lipinski definition) is 5. The topological polar surface area (TPSA) is 88.4 Å². The van der Waals surface area contributed by atoms with Crippen molar-refractivity contribution < 1.29 is 14.0 Å². The number of amides is 2. The number of halogens is 1. The first-order valence-corrected chi connectivity index (χ1v) is 11.8. The highest BCUT2D eigenvalue weighted by Crippen LogP contribution is 2.15. The number of carbonyl (C=O) groups excluding carboxylic acids is 2. The van der Waals surface area contributed by atoms with Crippen molar-refractivity contribution in [2.24, 2.45) is 0 Å². The minimum atomic E-state index is -0.578. The number of nitrogens with zero attached hydrogens (tertiary/aromatic N) is 5. The number of aryl methyl sites for hydroxylation is 2. The lowest BCUT2D eigenvalue weighted by Crippen LogP contribution is -2.51. The van der Waals surface area contributed by atoms with E-state index in [9.17, 15) is 18.8 Å². The van der Waals surface area contributed by atoms with E-state index >= 15 is 0 Å². The van der Waals surface area contributed by atoms with Crippen LogP contribution in [0.2, 0.25) is 0 Å². The van der Waals surface area contributed by atoms with E-state index < -0.39 is 23.2 Å². The van der Waals surface area contributed by atoms with Crippen molar-refractivity contribution in [1.82, 2.24) is 24.3 Å². The minimum absolute atomic E-state index is 0.00211. The first-order valence-electron chi connectivity index (χ1n) is 11.8. The maximum atomic E-state index is 14.0. The normalized spacial score (nSPS) is 13.7. The summed E-state index contributed by atoms with van der Waals surface area (Å²) in [5.74, 6) is -1.48. The van der Waals surface area contributed by atoms with Crippen LogP contribution in [0.5, 0.6) is 0 Å². The summed E-state index contributed by atoms with van der Waals surface area (Å²) in [6.07, 6.45) is 2.19. The highest BCUT2D eigenvalue weighted by molar-refractivity contribution is 5.96. The molecule has 3 heterocycles. The van der Waals surface area contributed by atoms with Gasteiger partial charge < -0.3 is 9.80 Å². The third-order valence-corrected chi connectivity index (χ3v) is 6.33. The summed E-state index contributed by atoms with van der Waals surface area (Å²) in [6, 6.07) is 19.0. The fourth-order valence-corrected chi connectivity index (χ4v) is 4.38. The molecule has 0 spiro atoms. The molecule has 8 nitrogen and oxygen atoms in total. The molecule has 1 saturated heterocycles. The molecule has 2 aromatic carbocycles. The van der Waals surface area contributed by atoms with Crippen molar-refractivity contribution in [3.8, 4) is 0 Å². The number of carbonyl (C=O) groups is 2. The van der Waals surface area contributed by atoms with Crippen LogP contribution in [0.25, 0.3) is 11.2 Å². The molecule has 0 N–H and O–H groups in total. The standard InChI is InChI=1S/C27H24FN5O3/c28-21-10-5-4-9-20(21)25(34)31-15-17-32(18-16-31)26(35)23-27(36)33(14-12-19-7-2-1-3-8-19)24-22(30-23)11-6-13-29-24/h1-11,13H,12,14-18H2. The van der Waals surface area contributed by atoms with E-state index in [0.717, 1.165) is 5.56 Å². The number of benzene rings is 2. The summed E-state index contributed by atoms with van der Waals surface area (Å²) in [7, 11) is 0. The van der Waals surface area contributed by atoms with Gasteiger partial charge in [0.15, 0.2) is 11.3 Å². The Balaban J connectivity index is 1.36. The Morgan fingerprint density at radius 2 is 1.50 bits per heavy atom. The van der Waals surface area contributed by atoms with E-state index in [2.05, 4.69) is 9.97 Å². The third-order valence-electron chi connectivity index (χ3n) is 6.33. The van der Waals surface area contributed by atoms with Gasteiger partial charge in [-0.25, -0.2) is 14.4 Å². The molecule has 0 saturated carbocycles. The average molecular weight is 486 g/mol. The van der Waals surface area contributed by atoms with Crippen molar-refractivity contribution in [2.75, 3.05) is 26.2 Å². The molecular formula is C27H24FN5O3. The monoisotopic (exact) mass is 485 g/mol. The Morgan fingerprint density at radius 1 is 0.833 bits per heavy atom. The van der Waals surface area contributed by atoms with E-state index in [4.69, 9.17) is 0 Å². The fraction of sp³-hybridized carbons (Fsp3) is 0.222. The molecular weight excluding hydrogens is 461 g/mol. The van der Waals surface area contributed by atoms with Gasteiger partial charge in [0.1, 0.15) is 11.3 Å². The Hall–Kier alpha value is -4.40. The zero-order chi connectivity index (χ0) is 25.1. The molecule has 1 aliphatic rings. The van der Waals surface area contributed by atoms with Crippen molar-refractivity contribution in [1.29, 1.82) is 0 Å². The van der Waals surface area contributed by atoms with Crippen molar-refractivity contribution in [2.45, 2.75) is 13.0 Å². The number of pyridine rings is 1. The first kappa shape index (κ1) is 23.3. The average Bonchev–Trinajstić information content (AvgIpc) is 2.92. The summed E-state index contributed by atoms with van der Waals surface area (Å²) in [5, 5.41) is 0. The SMILES string of the molecule is O=C(c1ccccc1F)N1CCN(C(=O)c2nc3cccnc3n(CCc3ccccc3)c2=O)CC1. The van der Waals surface area contributed by atoms with Crippen LogP contribution < -0.4 is 5.56 Å². The summed E-state index contributed by atoms with van der Waals surface area (Å²) in [4.78, 5) is 51.2. The zero-order valence-electron chi connectivity index (χ0n) is 19.5. The van der Waals surface area contributed by atoms with E-state index in [1.165, 1.54) is 32.6 Å². The number of rotatable bonds is 5. The molecule has 0 radical (unpaired) electrons. The molecule has 182 valence electrons. The minimum Gasteiger partial charge on any atom is -0.335 e. The molecule has 2 aromatic heterocycles. The maximum absolute atomic E-state index is 14.0. The van der Waals surface area contributed by atoms with Crippen LogP contribution in [0, 0.1) is 5.82 Å². The quantitative estimate of drug-likeness (QED) is 0.434. The number of hydrogen-bond donors (Lipinski definition) is 0. The molecule has 0 unspecified atom stereocenters. The largest absolute Gasteiger partial charge is 0.335 e. The second-order valence-corrected chi connectivity index (χ2v) is 8.56. The van der Waals surface area contributed by atoms with Crippen molar-refractivity contribution >= 4 is 23.0 Å². The molecule has 2 amide bonds. The van der Waals surface area contributed by atoms with Gasteiger partial charge in [0.05, 0.1) is 5.56 Å². The van der Waals surface area contributed by atoms with E-state index in [1.54, 1.807) is 24.4 Å². The predicted octanol–water partition coefficient (Wildman–Crippen LogP) is 2.77. The molecule has 0 aliphatic carbocycles. The zero-order valence-corrected chi connectivity index (χ0v) is 19.5. The lowest BCUT2D eigenvalue weighted by molar-refractivity contribution is 0.0528. The fourth-order valence-electron chi connectivity index (χ4n) is 4.38. The maximum Gasteiger partial charge on any atom is 0.283 e. The summed E-state index contributed by atoms with van der Waals surface area (Å²) >= 11 is 0. The molecule has 1 aliphatic heterocycles. The molecule has 0 atom stereocenters. The summed E-state index contributed by atoms with van der Waals surface area (Å²) < 4.78 is 15.5. The smallest absolute Gasteiger partial charge is 0.283 e. The van der Waals surface area contributed by atoms with E-state index in [0.29, 0.717) is 24.1 Å². The Morgan fingerprint density at radius 3 is 2.22 bits per heavy atom. The van der Waals surface area contributed by atoms with E-state index in [1.807, 2.05) is 30.3 Å². The molecule has 36 heavy (non-hydrogen) atoms. The van der Waals surface area contributed by atoms with Gasteiger partial charge in [0.25, 0.3) is 17.4 Å². The summed E-state index contributed by atoms with van der Waals surface area (Å²) in [5.41, 5.74) is 1.29. The van der Waals surface area contributed by atoms with Gasteiger partial charge in [-0.1, -0.05) is 42.5 Å². The van der Waals surface area contributed by atoms with Crippen LogP contribution in [0.4, 0.5) is 4.39 Å². The van der Waals surface area contributed by atoms with Gasteiger partial charge >= 0.3 is 0 Å². The number of piperazine rings is 1. The van der Waals surface area contributed by atoms with Gasteiger partial charge in [-0.15, -0.1) is 0 Å². The van der Waals surface area contributed by atoms with Gasteiger partial charge in [-0.05, 0) is 36.2 Å². The van der Waals surface area contributed by atoms with Crippen LogP contribution in [0.3, 0.4) is 0 Å². The number of fused-ring (bicyclic) bond motifs is 1. The third kappa shape index (κ3) is 4.59. The molecule has 4 aromatic rings. The Bertz CT molecular complexity index is 1480.